The second-order valence-corrected chi connectivity index (χ2v) is 5.18. The Morgan fingerprint density at radius 1 is 1.40 bits per heavy atom. The molecule has 84 valence electrons. The van der Waals surface area contributed by atoms with Gasteiger partial charge in [-0.1, -0.05) is 29.8 Å². The number of aliphatic hydroxyl groups excluding tert-OH is 1. The zero-order valence-electron chi connectivity index (χ0n) is 9.60. The second kappa shape index (κ2) is 4.54. The fourth-order valence-corrected chi connectivity index (χ4v) is 2.00. The van der Waals surface area contributed by atoms with Crippen LogP contribution in [0, 0.1) is 6.92 Å². The average molecular weight is 273 g/mol. The summed E-state index contributed by atoms with van der Waals surface area (Å²) in [5.74, 6) is 0.809. The summed E-state index contributed by atoms with van der Waals surface area (Å²) in [4.78, 5) is 0. The molecule has 1 rings (SSSR count). The first-order valence-corrected chi connectivity index (χ1v) is 5.67. The maximum atomic E-state index is 9.37. The number of hydrogen-bond acceptors (Lipinski definition) is 2. The number of ether oxygens (including phenoxy) is 1. The second-order valence-electron chi connectivity index (χ2n) is 4.32. The lowest BCUT2D eigenvalue weighted by atomic mass is 9.83. The highest BCUT2D eigenvalue weighted by atomic mass is 79.9. The van der Waals surface area contributed by atoms with Gasteiger partial charge in [-0.15, -0.1) is 0 Å². The van der Waals surface area contributed by atoms with Gasteiger partial charge in [0.15, 0.2) is 0 Å². The quantitative estimate of drug-likeness (QED) is 0.917. The fourth-order valence-electron chi connectivity index (χ4n) is 1.56. The van der Waals surface area contributed by atoms with Crippen LogP contribution >= 0.6 is 15.9 Å². The maximum absolute atomic E-state index is 9.37. The molecule has 0 aliphatic carbocycles. The predicted octanol–water partition coefficient (Wildman–Crippen LogP) is 3.04. The summed E-state index contributed by atoms with van der Waals surface area (Å²) in [6.07, 6.45) is 0. The topological polar surface area (TPSA) is 29.5 Å². The van der Waals surface area contributed by atoms with Crippen molar-refractivity contribution in [1.82, 2.24) is 0 Å². The molecule has 0 atom stereocenters. The van der Waals surface area contributed by atoms with Gasteiger partial charge in [0.05, 0.1) is 13.7 Å². The molecule has 1 aromatic carbocycles. The molecule has 2 nitrogen and oxygen atoms in total. The molecular weight excluding hydrogens is 256 g/mol. The summed E-state index contributed by atoms with van der Waals surface area (Å²) in [5.41, 5.74) is 2.01. The van der Waals surface area contributed by atoms with Crippen molar-refractivity contribution >= 4 is 15.9 Å². The number of rotatable bonds is 3. The monoisotopic (exact) mass is 272 g/mol. The van der Waals surface area contributed by atoms with E-state index in [0.29, 0.717) is 0 Å². The molecule has 0 aliphatic rings. The minimum absolute atomic E-state index is 0.118. The van der Waals surface area contributed by atoms with Gasteiger partial charge < -0.3 is 9.84 Å². The van der Waals surface area contributed by atoms with Crippen molar-refractivity contribution in [2.45, 2.75) is 26.2 Å². The Kier molecular flexibility index (Phi) is 3.79. The SMILES string of the molecule is COc1cc(Br)c(C)c(C(C)(C)CO)c1. The standard InChI is InChI=1S/C12H17BrO2/c1-8-10(12(2,3)7-14)5-9(15-4)6-11(8)13/h5-6,14H,7H2,1-4H3. The normalized spacial score (nSPS) is 11.6. The van der Waals surface area contributed by atoms with E-state index >= 15 is 0 Å². The van der Waals surface area contributed by atoms with Gasteiger partial charge in [0.2, 0.25) is 0 Å². The summed E-state index contributed by atoms with van der Waals surface area (Å²) in [7, 11) is 1.65. The maximum Gasteiger partial charge on any atom is 0.120 e. The summed E-state index contributed by atoms with van der Waals surface area (Å²) >= 11 is 3.50. The minimum atomic E-state index is -0.249. The summed E-state index contributed by atoms with van der Waals surface area (Å²) in [6, 6.07) is 3.92. The Morgan fingerprint density at radius 2 is 2.00 bits per heavy atom. The molecule has 0 saturated heterocycles. The lowest BCUT2D eigenvalue weighted by Crippen LogP contribution is -2.23. The third-order valence-corrected chi connectivity index (χ3v) is 3.50. The Balaban J connectivity index is 3.34. The van der Waals surface area contributed by atoms with E-state index in [9.17, 15) is 5.11 Å². The first kappa shape index (κ1) is 12.5. The number of aliphatic hydroxyl groups is 1. The number of benzene rings is 1. The molecular formula is C12H17BrO2. The van der Waals surface area contributed by atoms with E-state index in [1.807, 2.05) is 32.9 Å². The highest BCUT2D eigenvalue weighted by Crippen LogP contribution is 2.33. The van der Waals surface area contributed by atoms with Crippen LogP contribution in [-0.4, -0.2) is 18.8 Å². The van der Waals surface area contributed by atoms with Crippen LogP contribution in [0.1, 0.15) is 25.0 Å². The van der Waals surface area contributed by atoms with Gasteiger partial charge in [0.25, 0.3) is 0 Å². The van der Waals surface area contributed by atoms with Crippen molar-refractivity contribution in [3.8, 4) is 5.75 Å². The minimum Gasteiger partial charge on any atom is -0.497 e. The molecule has 0 amide bonds. The largest absolute Gasteiger partial charge is 0.497 e. The molecule has 0 aliphatic heterocycles. The van der Waals surface area contributed by atoms with Gasteiger partial charge in [0.1, 0.15) is 5.75 Å². The number of halogens is 1. The van der Waals surface area contributed by atoms with Crippen LogP contribution in [0.25, 0.3) is 0 Å². The van der Waals surface area contributed by atoms with Gasteiger partial charge in [-0.25, -0.2) is 0 Å². The molecule has 0 heterocycles. The van der Waals surface area contributed by atoms with Crippen LogP contribution in [-0.2, 0) is 5.41 Å². The third-order valence-electron chi connectivity index (χ3n) is 2.68. The molecule has 0 radical (unpaired) electrons. The van der Waals surface area contributed by atoms with Crippen LogP contribution in [0.4, 0.5) is 0 Å². The van der Waals surface area contributed by atoms with Crippen molar-refractivity contribution in [2.24, 2.45) is 0 Å². The lowest BCUT2D eigenvalue weighted by molar-refractivity contribution is 0.217. The molecule has 0 bridgehead atoms. The van der Waals surface area contributed by atoms with Crippen LogP contribution in [0.15, 0.2) is 16.6 Å². The molecule has 3 heteroatoms. The third kappa shape index (κ3) is 2.52. The van der Waals surface area contributed by atoms with Gasteiger partial charge in [-0.2, -0.15) is 0 Å². The zero-order chi connectivity index (χ0) is 11.6. The molecule has 0 unspecified atom stereocenters. The smallest absolute Gasteiger partial charge is 0.120 e. The molecule has 1 aromatic rings. The molecule has 0 saturated carbocycles. The van der Waals surface area contributed by atoms with E-state index < -0.39 is 0 Å². The Morgan fingerprint density at radius 3 is 2.47 bits per heavy atom. The fraction of sp³-hybridized carbons (Fsp3) is 0.500. The molecule has 1 N–H and O–H groups in total. The highest BCUT2D eigenvalue weighted by molar-refractivity contribution is 9.10. The van der Waals surface area contributed by atoms with Gasteiger partial charge >= 0.3 is 0 Å². The van der Waals surface area contributed by atoms with E-state index in [0.717, 1.165) is 21.3 Å². The highest BCUT2D eigenvalue weighted by Gasteiger charge is 2.23. The van der Waals surface area contributed by atoms with E-state index in [1.54, 1.807) is 7.11 Å². The number of methoxy groups -OCH3 is 1. The van der Waals surface area contributed by atoms with Crippen molar-refractivity contribution in [3.05, 3.63) is 27.7 Å². The van der Waals surface area contributed by atoms with Gasteiger partial charge in [-0.05, 0) is 30.2 Å². The van der Waals surface area contributed by atoms with Crippen LogP contribution in [0.5, 0.6) is 5.75 Å². The molecule has 0 aromatic heterocycles. The zero-order valence-corrected chi connectivity index (χ0v) is 11.2. The van der Waals surface area contributed by atoms with Crippen LogP contribution in [0.2, 0.25) is 0 Å². The summed E-state index contributed by atoms with van der Waals surface area (Å²) in [5, 5.41) is 9.37. The predicted molar refractivity (Wildman–Crippen MR) is 65.5 cm³/mol. The van der Waals surface area contributed by atoms with Crippen LogP contribution < -0.4 is 4.74 Å². The van der Waals surface area contributed by atoms with E-state index in [-0.39, 0.29) is 12.0 Å². The number of hydrogen-bond donors (Lipinski definition) is 1. The summed E-state index contributed by atoms with van der Waals surface area (Å²) < 4.78 is 6.23. The first-order valence-electron chi connectivity index (χ1n) is 4.88. The van der Waals surface area contributed by atoms with Crippen LogP contribution in [0.3, 0.4) is 0 Å². The molecule has 15 heavy (non-hydrogen) atoms. The van der Waals surface area contributed by atoms with Gasteiger partial charge in [-0.3, -0.25) is 0 Å². The van der Waals surface area contributed by atoms with Crippen molar-refractivity contribution in [2.75, 3.05) is 13.7 Å². The van der Waals surface area contributed by atoms with Crippen molar-refractivity contribution in [1.29, 1.82) is 0 Å². The van der Waals surface area contributed by atoms with Gasteiger partial charge in [0, 0.05) is 9.89 Å². The van der Waals surface area contributed by atoms with E-state index in [2.05, 4.69) is 15.9 Å². The Bertz CT molecular complexity index is 359. The first-order chi connectivity index (χ1) is 6.92. The van der Waals surface area contributed by atoms with Crippen molar-refractivity contribution < 1.29 is 9.84 Å². The average Bonchev–Trinajstić information content (AvgIpc) is 2.21. The van der Waals surface area contributed by atoms with Crippen molar-refractivity contribution in [3.63, 3.8) is 0 Å². The Labute approximate surface area is 99.4 Å². The summed E-state index contributed by atoms with van der Waals surface area (Å²) in [6.45, 7) is 6.19. The van der Waals surface area contributed by atoms with E-state index in [4.69, 9.17) is 4.74 Å². The lowest BCUT2D eigenvalue weighted by Gasteiger charge is -2.25. The molecule has 0 spiro atoms. The van der Waals surface area contributed by atoms with E-state index in [1.165, 1.54) is 0 Å². The molecule has 0 fully saturated rings. The Hall–Kier alpha value is -0.540.